The number of likely N-dealkylation sites (tertiary alicyclic amines) is 1. The number of furan rings is 1. The minimum absolute atomic E-state index is 0.0609. The van der Waals surface area contributed by atoms with Gasteiger partial charge in [-0.25, -0.2) is 4.79 Å². The minimum atomic E-state index is -0.851. The van der Waals surface area contributed by atoms with Gasteiger partial charge in [-0.15, -0.1) is 0 Å². The van der Waals surface area contributed by atoms with Crippen molar-refractivity contribution in [2.45, 2.75) is 63.4 Å². The average Bonchev–Trinajstić information content (AvgIpc) is 3.80. The first-order valence-corrected chi connectivity index (χ1v) is 21.9. The van der Waals surface area contributed by atoms with Gasteiger partial charge >= 0.3 is 12.1 Å². The summed E-state index contributed by atoms with van der Waals surface area (Å²) in [4.78, 5) is 57.8. The van der Waals surface area contributed by atoms with Crippen LogP contribution in [0.1, 0.15) is 83.7 Å². The van der Waals surface area contributed by atoms with E-state index in [1.165, 1.54) is 12.1 Å². The fourth-order valence-corrected chi connectivity index (χ4v) is 8.86. The Balaban J connectivity index is 0.745. The second kappa shape index (κ2) is 20.4. The van der Waals surface area contributed by atoms with Crippen LogP contribution < -0.4 is 20.9 Å². The highest BCUT2D eigenvalue weighted by Gasteiger charge is 2.37. The Morgan fingerprint density at radius 3 is 2.44 bits per heavy atom. The number of hydrogen-bond acceptors (Lipinski definition) is 12. The number of benzene rings is 3. The number of alkyl carbamates (subject to hydrolysis) is 1. The number of esters is 1. The molecule has 5 N–H and O–H groups in total. The third kappa shape index (κ3) is 10.9. The van der Waals surface area contributed by atoms with Crippen LogP contribution in [0.5, 0.6) is 11.5 Å². The van der Waals surface area contributed by atoms with Gasteiger partial charge in [-0.2, -0.15) is 0 Å². The number of unbranched alkanes of at least 4 members (excludes halogenated alkanes) is 1. The highest BCUT2D eigenvalue weighted by molar-refractivity contribution is 5.91. The topological polar surface area (TPSA) is 196 Å². The Morgan fingerprint density at radius 2 is 1.67 bits per heavy atom. The van der Waals surface area contributed by atoms with Crippen molar-refractivity contribution < 1.29 is 43.2 Å². The summed E-state index contributed by atoms with van der Waals surface area (Å²) in [6, 6.07) is 26.2. The molecule has 5 aromatic rings. The van der Waals surface area contributed by atoms with Gasteiger partial charge in [-0.3, -0.25) is 19.3 Å². The smallest absolute Gasteiger partial charge is 0.408 e. The van der Waals surface area contributed by atoms with E-state index < -0.39 is 18.2 Å². The van der Waals surface area contributed by atoms with Crippen LogP contribution in [0.15, 0.2) is 100 Å². The molecule has 3 unspecified atom stereocenters. The Labute approximate surface area is 365 Å². The lowest BCUT2D eigenvalue weighted by molar-refractivity contribution is -0.150. The average molecular weight is 862 g/mol. The molecule has 6 heterocycles. The third-order valence-corrected chi connectivity index (χ3v) is 12.4. The van der Waals surface area contributed by atoms with Crippen molar-refractivity contribution in [3.8, 4) is 11.5 Å². The van der Waals surface area contributed by atoms with E-state index in [9.17, 15) is 29.4 Å². The van der Waals surface area contributed by atoms with Crippen LogP contribution in [0.4, 0.5) is 4.79 Å². The van der Waals surface area contributed by atoms with Crippen molar-refractivity contribution in [1.82, 2.24) is 25.4 Å². The number of aliphatic hydroxyl groups excluding tert-OH is 1. The first-order chi connectivity index (χ1) is 30.7. The molecule has 4 saturated heterocycles. The number of carbonyl (C=O) groups is 3. The highest BCUT2D eigenvalue weighted by Crippen LogP contribution is 2.32. The molecule has 4 aliphatic heterocycles. The fourth-order valence-electron chi connectivity index (χ4n) is 8.86. The number of H-pyrrole nitrogens is 1. The number of carbonyl (C=O) groups excluding carboxylic acids is 3. The SMILES string of the molecule is O=C(NC(c1ccccc1)c1cccc(OCc2ccc(C(=O)N3CCC(C(=O)OCCCCNCC(O)c4ccc(O)c5[nH]c(=O)ccc45)CC3)o2)c1)OC1CN2CCC1CC2. The van der Waals surface area contributed by atoms with Crippen molar-refractivity contribution in [2.75, 3.05) is 52.4 Å². The number of phenolic OH excluding ortho intramolecular Hbond substituents is 1. The van der Waals surface area contributed by atoms with E-state index in [-0.39, 0.29) is 66.2 Å². The molecule has 2 bridgehead atoms. The summed E-state index contributed by atoms with van der Waals surface area (Å²) in [7, 11) is 0. The zero-order valence-electron chi connectivity index (χ0n) is 35.2. The summed E-state index contributed by atoms with van der Waals surface area (Å²) < 4.78 is 23.6. The van der Waals surface area contributed by atoms with E-state index in [4.69, 9.17) is 18.6 Å². The predicted molar refractivity (Wildman–Crippen MR) is 233 cm³/mol. The Hall–Kier alpha value is -6.16. The lowest BCUT2D eigenvalue weighted by Crippen LogP contribution is -2.52. The number of rotatable bonds is 17. The highest BCUT2D eigenvalue weighted by atomic mass is 16.6. The van der Waals surface area contributed by atoms with Crippen molar-refractivity contribution in [1.29, 1.82) is 0 Å². The van der Waals surface area contributed by atoms with Gasteiger partial charge < -0.3 is 49.4 Å². The standard InChI is InChI=1S/C48H55N5O10/c54-39-14-12-37(38-13-16-43(56)50-45(38)39)40(55)28-49-21-4-5-26-60-47(58)33-19-24-53(25-20-33)46(57)41-15-11-36(62-41)30-61-35-10-6-9-34(27-35)44(32-7-2-1-3-8-32)51-48(59)63-42-29-52-22-17-31(42)18-23-52/h1-3,6-16,27,31,33,40,42,44,49,54-55H,4-5,17-26,28-30H2,(H,50,56)(H,51,59). The molecule has 0 spiro atoms. The summed E-state index contributed by atoms with van der Waals surface area (Å²) in [5, 5.41) is 27.7. The number of pyridine rings is 1. The van der Waals surface area contributed by atoms with Crippen LogP contribution in [0.2, 0.25) is 0 Å². The number of fused-ring (bicyclic) bond motifs is 4. The number of aromatic amines is 1. The number of aliphatic hydroxyl groups is 1. The second-order valence-electron chi connectivity index (χ2n) is 16.6. The molecule has 2 amide bonds. The molecule has 3 aromatic carbocycles. The quantitative estimate of drug-likeness (QED) is 0.0557. The Kier molecular flexibility index (Phi) is 14.0. The normalized spacial score (nSPS) is 19.6. The van der Waals surface area contributed by atoms with Gasteiger partial charge in [0, 0.05) is 37.6 Å². The van der Waals surface area contributed by atoms with Crippen LogP contribution in [0, 0.1) is 11.8 Å². The number of hydrogen-bond donors (Lipinski definition) is 5. The maximum Gasteiger partial charge on any atom is 0.408 e. The molecule has 4 fully saturated rings. The lowest BCUT2D eigenvalue weighted by atomic mass is 9.86. The summed E-state index contributed by atoms with van der Waals surface area (Å²) >= 11 is 0. The number of nitrogens with zero attached hydrogens (tertiary/aromatic N) is 2. The summed E-state index contributed by atoms with van der Waals surface area (Å²) in [5.41, 5.74) is 2.28. The van der Waals surface area contributed by atoms with Gasteiger partial charge in [0.25, 0.3) is 5.91 Å². The van der Waals surface area contributed by atoms with Gasteiger partial charge in [0.05, 0.1) is 30.2 Å². The van der Waals surface area contributed by atoms with E-state index in [1.54, 1.807) is 29.2 Å². The molecule has 63 heavy (non-hydrogen) atoms. The van der Waals surface area contributed by atoms with E-state index in [2.05, 4.69) is 20.5 Å². The first-order valence-electron chi connectivity index (χ1n) is 21.9. The first kappa shape index (κ1) is 43.5. The van der Waals surface area contributed by atoms with E-state index in [0.29, 0.717) is 67.3 Å². The molecular weight excluding hydrogens is 807 g/mol. The van der Waals surface area contributed by atoms with Crippen molar-refractivity contribution in [3.63, 3.8) is 0 Å². The monoisotopic (exact) mass is 861 g/mol. The molecule has 0 aliphatic carbocycles. The molecular formula is C48H55N5O10. The van der Waals surface area contributed by atoms with Crippen molar-refractivity contribution in [2.24, 2.45) is 11.8 Å². The molecule has 15 nitrogen and oxygen atoms in total. The second-order valence-corrected chi connectivity index (χ2v) is 16.6. The van der Waals surface area contributed by atoms with Gasteiger partial charge in [0.2, 0.25) is 5.56 Å². The van der Waals surface area contributed by atoms with E-state index in [1.807, 2.05) is 54.6 Å². The molecule has 9 rings (SSSR count). The van der Waals surface area contributed by atoms with E-state index >= 15 is 0 Å². The van der Waals surface area contributed by atoms with Gasteiger partial charge in [-0.1, -0.05) is 48.5 Å². The molecule has 4 aliphatic rings. The largest absolute Gasteiger partial charge is 0.506 e. The van der Waals surface area contributed by atoms with Crippen LogP contribution in [-0.2, 0) is 20.9 Å². The number of nitrogens with one attached hydrogen (secondary N) is 3. The zero-order chi connectivity index (χ0) is 43.7. The fraction of sp³-hybridized carbons (Fsp3) is 0.417. The maximum absolute atomic E-state index is 13.4. The van der Waals surface area contributed by atoms with Crippen LogP contribution in [0.3, 0.4) is 0 Å². The predicted octanol–water partition coefficient (Wildman–Crippen LogP) is 5.81. The van der Waals surface area contributed by atoms with Crippen molar-refractivity contribution in [3.05, 3.63) is 130 Å². The number of piperidine rings is 4. The molecule has 15 heteroatoms. The lowest BCUT2D eigenvalue weighted by Gasteiger charge is -2.43. The summed E-state index contributed by atoms with van der Waals surface area (Å²) in [6.07, 6.45) is 3.06. The van der Waals surface area contributed by atoms with Crippen LogP contribution in [-0.4, -0.2) is 101 Å². The van der Waals surface area contributed by atoms with E-state index in [0.717, 1.165) is 50.0 Å². The summed E-state index contributed by atoms with van der Waals surface area (Å²) in [6.45, 7) is 4.95. The number of phenols is 1. The van der Waals surface area contributed by atoms with Crippen LogP contribution >= 0.6 is 0 Å². The molecule has 0 radical (unpaired) electrons. The minimum Gasteiger partial charge on any atom is -0.506 e. The van der Waals surface area contributed by atoms with Gasteiger partial charge in [-0.05, 0) is 117 Å². The van der Waals surface area contributed by atoms with Crippen LogP contribution in [0.25, 0.3) is 10.9 Å². The third-order valence-electron chi connectivity index (χ3n) is 12.4. The number of amides is 2. The molecule has 3 atom stereocenters. The number of ether oxygens (including phenoxy) is 3. The Bertz CT molecular complexity index is 2400. The summed E-state index contributed by atoms with van der Waals surface area (Å²) in [5.74, 6) is 0.801. The van der Waals surface area contributed by atoms with Gasteiger partial charge in [0.1, 0.15) is 30.0 Å². The van der Waals surface area contributed by atoms with Crippen molar-refractivity contribution >= 4 is 28.9 Å². The van der Waals surface area contributed by atoms with Gasteiger partial charge in [0.15, 0.2) is 5.76 Å². The maximum atomic E-state index is 13.4. The molecule has 332 valence electrons. The molecule has 2 aromatic heterocycles. The number of aromatic hydroxyl groups is 1. The number of aromatic nitrogens is 1. The zero-order valence-corrected chi connectivity index (χ0v) is 35.2. The Morgan fingerprint density at radius 1 is 0.873 bits per heavy atom. The molecule has 0 saturated carbocycles.